The molecule has 0 atom stereocenters. The molecular formula is C14H17N3O2. The largest absolute Gasteiger partial charge is 0.452 e. The Morgan fingerprint density at radius 2 is 2.16 bits per heavy atom. The summed E-state index contributed by atoms with van der Waals surface area (Å²) in [5, 5.41) is 1.13. The van der Waals surface area contributed by atoms with Gasteiger partial charge in [0.25, 0.3) is 0 Å². The predicted octanol–water partition coefficient (Wildman–Crippen LogP) is 1.95. The number of fused-ring (bicyclic) bond motifs is 1. The third-order valence-corrected chi connectivity index (χ3v) is 2.81. The van der Waals surface area contributed by atoms with E-state index in [1.807, 2.05) is 19.1 Å². The first-order valence-electron chi connectivity index (χ1n) is 6.12. The van der Waals surface area contributed by atoms with Crippen LogP contribution in [0.15, 0.2) is 30.3 Å². The number of benzene rings is 1. The zero-order valence-corrected chi connectivity index (χ0v) is 11.1. The molecule has 100 valence electrons. The Hall–Kier alpha value is -2.14. The third kappa shape index (κ3) is 3.66. The Labute approximate surface area is 112 Å². The number of hydrogen-bond acceptors (Lipinski definition) is 4. The number of aromatic nitrogens is 1. The molecule has 2 rings (SSSR count). The SMILES string of the molecule is COC(=O)NNCCc1ccc2nc(C)ccc2c1. The average Bonchev–Trinajstić information content (AvgIpc) is 2.43. The normalized spacial score (nSPS) is 10.4. The fourth-order valence-electron chi connectivity index (χ4n) is 1.82. The maximum absolute atomic E-state index is 10.8. The molecule has 0 unspecified atom stereocenters. The summed E-state index contributed by atoms with van der Waals surface area (Å²) < 4.78 is 4.45. The van der Waals surface area contributed by atoms with E-state index in [0.717, 1.165) is 23.0 Å². The molecule has 0 saturated heterocycles. The van der Waals surface area contributed by atoms with Gasteiger partial charge in [0.2, 0.25) is 0 Å². The molecule has 1 aromatic carbocycles. The Kier molecular flexibility index (Phi) is 4.30. The number of aryl methyl sites for hydroxylation is 1. The van der Waals surface area contributed by atoms with Crippen LogP contribution in [0.1, 0.15) is 11.3 Å². The molecule has 0 fully saturated rings. The van der Waals surface area contributed by atoms with Gasteiger partial charge < -0.3 is 4.74 Å². The molecule has 0 aliphatic rings. The summed E-state index contributed by atoms with van der Waals surface area (Å²) in [4.78, 5) is 15.3. The van der Waals surface area contributed by atoms with Crippen LogP contribution in [-0.4, -0.2) is 24.7 Å². The molecule has 0 aliphatic carbocycles. The summed E-state index contributed by atoms with van der Waals surface area (Å²) in [5.41, 5.74) is 8.44. The van der Waals surface area contributed by atoms with E-state index in [-0.39, 0.29) is 0 Å². The molecule has 1 heterocycles. The van der Waals surface area contributed by atoms with Gasteiger partial charge in [0.15, 0.2) is 0 Å². The van der Waals surface area contributed by atoms with Gasteiger partial charge in [-0.1, -0.05) is 12.1 Å². The number of carbonyl (C=O) groups excluding carboxylic acids is 1. The summed E-state index contributed by atoms with van der Waals surface area (Å²) in [6, 6.07) is 10.3. The van der Waals surface area contributed by atoms with E-state index >= 15 is 0 Å². The number of nitrogens with zero attached hydrogens (tertiary/aromatic N) is 1. The summed E-state index contributed by atoms with van der Waals surface area (Å²) in [7, 11) is 1.33. The van der Waals surface area contributed by atoms with Gasteiger partial charge in [-0.3, -0.25) is 10.4 Å². The van der Waals surface area contributed by atoms with Crippen molar-refractivity contribution in [3.05, 3.63) is 41.6 Å². The van der Waals surface area contributed by atoms with Crippen molar-refractivity contribution < 1.29 is 9.53 Å². The zero-order valence-electron chi connectivity index (χ0n) is 11.1. The number of amides is 1. The van der Waals surface area contributed by atoms with Crippen LogP contribution in [0, 0.1) is 6.92 Å². The molecule has 1 aromatic heterocycles. The highest BCUT2D eigenvalue weighted by molar-refractivity contribution is 5.79. The Balaban J connectivity index is 1.94. The van der Waals surface area contributed by atoms with E-state index in [9.17, 15) is 4.79 Å². The van der Waals surface area contributed by atoms with Gasteiger partial charge >= 0.3 is 6.09 Å². The average molecular weight is 259 g/mol. The lowest BCUT2D eigenvalue weighted by atomic mass is 10.1. The van der Waals surface area contributed by atoms with Gasteiger partial charge in [0, 0.05) is 17.6 Å². The van der Waals surface area contributed by atoms with Gasteiger partial charge in [0.1, 0.15) is 0 Å². The van der Waals surface area contributed by atoms with Crippen LogP contribution in [0.5, 0.6) is 0 Å². The first kappa shape index (κ1) is 13.3. The van der Waals surface area contributed by atoms with E-state index in [2.05, 4.69) is 38.8 Å². The topological polar surface area (TPSA) is 63.2 Å². The van der Waals surface area contributed by atoms with Crippen molar-refractivity contribution >= 4 is 17.0 Å². The minimum Gasteiger partial charge on any atom is -0.452 e. The number of carbonyl (C=O) groups is 1. The molecule has 1 amide bonds. The minimum absolute atomic E-state index is 0.488. The zero-order chi connectivity index (χ0) is 13.7. The third-order valence-electron chi connectivity index (χ3n) is 2.81. The predicted molar refractivity (Wildman–Crippen MR) is 73.7 cm³/mol. The minimum atomic E-state index is -0.488. The number of methoxy groups -OCH3 is 1. The number of rotatable bonds is 4. The molecule has 0 saturated carbocycles. The Morgan fingerprint density at radius 3 is 2.95 bits per heavy atom. The number of pyridine rings is 1. The Bertz CT molecular complexity index is 584. The van der Waals surface area contributed by atoms with E-state index in [1.54, 1.807) is 0 Å². The van der Waals surface area contributed by atoms with Crippen molar-refractivity contribution in [2.24, 2.45) is 0 Å². The van der Waals surface area contributed by atoms with Crippen LogP contribution in [0.2, 0.25) is 0 Å². The van der Waals surface area contributed by atoms with Crippen LogP contribution in [0.25, 0.3) is 10.9 Å². The van der Waals surface area contributed by atoms with E-state index in [1.165, 1.54) is 12.7 Å². The molecule has 0 aliphatic heterocycles. The molecular weight excluding hydrogens is 242 g/mol. The molecule has 2 N–H and O–H groups in total. The Morgan fingerprint density at radius 1 is 1.32 bits per heavy atom. The maximum atomic E-state index is 10.8. The van der Waals surface area contributed by atoms with Gasteiger partial charge in [-0.05, 0) is 37.1 Å². The molecule has 2 aromatic rings. The monoisotopic (exact) mass is 259 g/mol. The highest BCUT2D eigenvalue weighted by atomic mass is 16.5. The lowest BCUT2D eigenvalue weighted by Gasteiger charge is -2.07. The van der Waals surface area contributed by atoms with Gasteiger partial charge in [0.05, 0.1) is 12.6 Å². The first-order chi connectivity index (χ1) is 9.19. The van der Waals surface area contributed by atoms with Crippen molar-refractivity contribution in [3.8, 4) is 0 Å². The molecule has 0 spiro atoms. The quantitative estimate of drug-likeness (QED) is 0.650. The fraction of sp³-hybridized carbons (Fsp3) is 0.286. The van der Waals surface area contributed by atoms with Gasteiger partial charge in [-0.15, -0.1) is 0 Å². The van der Waals surface area contributed by atoms with Gasteiger partial charge in [-0.25, -0.2) is 10.2 Å². The molecule has 5 nitrogen and oxygen atoms in total. The summed E-state index contributed by atoms with van der Waals surface area (Å²) in [6.45, 7) is 2.62. The second-order valence-electron chi connectivity index (χ2n) is 4.27. The van der Waals surface area contributed by atoms with E-state index in [4.69, 9.17) is 0 Å². The van der Waals surface area contributed by atoms with Crippen molar-refractivity contribution in [1.82, 2.24) is 15.8 Å². The highest BCUT2D eigenvalue weighted by Crippen LogP contribution is 2.14. The highest BCUT2D eigenvalue weighted by Gasteiger charge is 2.00. The van der Waals surface area contributed by atoms with Crippen LogP contribution in [0.4, 0.5) is 4.79 Å². The summed E-state index contributed by atoms with van der Waals surface area (Å²) in [6.07, 6.45) is 0.326. The lowest BCUT2D eigenvalue weighted by molar-refractivity contribution is 0.166. The number of ether oxygens (including phenoxy) is 1. The molecule has 0 radical (unpaired) electrons. The number of hydrazine groups is 1. The first-order valence-corrected chi connectivity index (χ1v) is 6.12. The van der Waals surface area contributed by atoms with E-state index < -0.39 is 6.09 Å². The summed E-state index contributed by atoms with van der Waals surface area (Å²) >= 11 is 0. The van der Waals surface area contributed by atoms with Crippen molar-refractivity contribution in [3.63, 3.8) is 0 Å². The van der Waals surface area contributed by atoms with Crippen molar-refractivity contribution in [2.45, 2.75) is 13.3 Å². The molecule has 19 heavy (non-hydrogen) atoms. The lowest BCUT2D eigenvalue weighted by Crippen LogP contribution is -2.38. The smallest absolute Gasteiger partial charge is 0.421 e. The van der Waals surface area contributed by atoms with E-state index in [0.29, 0.717) is 6.54 Å². The maximum Gasteiger partial charge on any atom is 0.421 e. The van der Waals surface area contributed by atoms with Crippen LogP contribution >= 0.6 is 0 Å². The van der Waals surface area contributed by atoms with Crippen molar-refractivity contribution in [2.75, 3.05) is 13.7 Å². The second kappa shape index (κ2) is 6.15. The van der Waals surface area contributed by atoms with Crippen LogP contribution < -0.4 is 10.9 Å². The van der Waals surface area contributed by atoms with Crippen LogP contribution in [-0.2, 0) is 11.2 Å². The second-order valence-corrected chi connectivity index (χ2v) is 4.27. The standard InChI is InChI=1S/C14H17N3O2/c1-10-3-5-12-9-11(4-6-13(12)16-10)7-8-15-17-14(18)19-2/h3-6,9,15H,7-8H2,1-2H3,(H,17,18). The number of nitrogens with one attached hydrogen (secondary N) is 2. The molecule has 0 bridgehead atoms. The fourth-order valence-corrected chi connectivity index (χ4v) is 1.82. The summed E-state index contributed by atoms with van der Waals surface area (Å²) in [5.74, 6) is 0. The van der Waals surface area contributed by atoms with Crippen molar-refractivity contribution in [1.29, 1.82) is 0 Å². The van der Waals surface area contributed by atoms with Crippen LogP contribution in [0.3, 0.4) is 0 Å². The number of hydrogen-bond donors (Lipinski definition) is 2. The van der Waals surface area contributed by atoms with Gasteiger partial charge in [-0.2, -0.15) is 0 Å². The molecule has 5 heteroatoms.